The number of amides is 1. The molecule has 0 saturated carbocycles. The highest BCUT2D eigenvalue weighted by Gasteiger charge is 2.28. The molecule has 166 valence electrons. The fourth-order valence-corrected chi connectivity index (χ4v) is 2.83. The van der Waals surface area contributed by atoms with Crippen molar-refractivity contribution < 1.29 is 19.9 Å². The molecule has 0 aliphatic heterocycles. The van der Waals surface area contributed by atoms with Gasteiger partial charge in [0.15, 0.2) is 5.03 Å². The van der Waals surface area contributed by atoms with Gasteiger partial charge in [0, 0.05) is 13.1 Å². The van der Waals surface area contributed by atoms with Crippen molar-refractivity contribution in [3.05, 3.63) is 46.0 Å². The molecule has 0 bridgehead atoms. The van der Waals surface area contributed by atoms with Gasteiger partial charge in [-0.15, -0.1) is 0 Å². The van der Waals surface area contributed by atoms with Crippen LogP contribution in [0.25, 0.3) is 0 Å². The lowest BCUT2D eigenvalue weighted by Gasteiger charge is -2.24. The Hall–Kier alpha value is -2.70. The number of guanidine groups is 1. The molecule has 0 fully saturated rings. The van der Waals surface area contributed by atoms with Crippen LogP contribution >= 0.6 is 0 Å². The first kappa shape index (κ1) is 25.3. The van der Waals surface area contributed by atoms with Gasteiger partial charge in [0.2, 0.25) is 5.91 Å². The molecular formula is C18H31BN6O5. The number of hydrogen-bond donors (Lipinski definition) is 6. The number of nitrogens with zero attached hydrogens (tertiary/aromatic N) is 2. The van der Waals surface area contributed by atoms with Crippen LogP contribution in [-0.4, -0.2) is 52.6 Å². The zero-order chi connectivity index (χ0) is 22.5. The molecule has 1 amide bonds. The second-order valence-electron chi connectivity index (χ2n) is 7.36. The molecule has 12 heteroatoms. The molecule has 1 rings (SSSR count). The number of nitrogens with one attached hydrogen (secondary N) is 3. The molecule has 0 spiro atoms. The van der Waals surface area contributed by atoms with Crippen molar-refractivity contribution in [1.29, 1.82) is 0 Å². The van der Waals surface area contributed by atoms with Crippen LogP contribution in [0, 0.1) is 16.0 Å². The van der Waals surface area contributed by atoms with Crippen LogP contribution in [0.4, 0.5) is 0 Å². The van der Waals surface area contributed by atoms with Gasteiger partial charge in [-0.1, -0.05) is 49.6 Å². The Morgan fingerprint density at radius 1 is 1.30 bits per heavy atom. The summed E-state index contributed by atoms with van der Waals surface area (Å²) in [4.78, 5) is 26.9. The number of hydrogen-bond acceptors (Lipinski definition) is 7. The Kier molecular flexibility index (Phi) is 11.4. The number of carbonyl (C=O) groups is 1. The van der Waals surface area contributed by atoms with E-state index in [-0.39, 0.29) is 24.3 Å². The fraction of sp³-hybridized carbons (Fsp3) is 0.556. The molecule has 0 unspecified atom stereocenters. The molecule has 0 radical (unpaired) electrons. The Morgan fingerprint density at radius 3 is 2.53 bits per heavy atom. The number of carbonyl (C=O) groups excluding carboxylic acids is 1. The summed E-state index contributed by atoms with van der Waals surface area (Å²) in [5.41, 5.74) is 8.13. The minimum Gasteiger partial charge on any atom is -0.426 e. The third-order valence-corrected chi connectivity index (χ3v) is 4.26. The van der Waals surface area contributed by atoms with E-state index in [0.29, 0.717) is 25.8 Å². The van der Waals surface area contributed by atoms with Crippen LogP contribution in [0.5, 0.6) is 0 Å². The Morgan fingerprint density at radius 2 is 1.97 bits per heavy atom. The summed E-state index contributed by atoms with van der Waals surface area (Å²) >= 11 is 0. The molecule has 1 aromatic rings. The van der Waals surface area contributed by atoms with Crippen molar-refractivity contribution in [2.45, 2.75) is 51.6 Å². The predicted octanol–water partition coefficient (Wildman–Crippen LogP) is -0.436. The van der Waals surface area contributed by atoms with Crippen molar-refractivity contribution >= 4 is 19.0 Å². The molecule has 0 aromatic heterocycles. The Balaban J connectivity index is 2.72. The normalized spacial score (nSPS) is 13.6. The van der Waals surface area contributed by atoms with Gasteiger partial charge in [-0.3, -0.25) is 4.79 Å². The van der Waals surface area contributed by atoms with E-state index in [2.05, 4.69) is 15.6 Å². The Bertz CT molecular complexity index is 689. The fourth-order valence-electron chi connectivity index (χ4n) is 2.83. The number of hydrazine groups is 1. The molecule has 30 heavy (non-hydrogen) atoms. The molecule has 11 nitrogen and oxygen atoms in total. The number of benzene rings is 1. The lowest BCUT2D eigenvalue weighted by atomic mass is 9.75. The summed E-state index contributed by atoms with van der Waals surface area (Å²) in [6, 6.07) is 8.93. The van der Waals surface area contributed by atoms with Crippen LogP contribution in [0.3, 0.4) is 0 Å². The smallest absolute Gasteiger partial charge is 0.426 e. The molecule has 0 aliphatic rings. The first-order valence-electron chi connectivity index (χ1n) is 9.83. The molecule has 7 N–H and O–H groups in total. The van der Waals surface area contributed by atoms with Crippen molar-refractivity contribution in [1.82, 2.24) is 16.1 Å². The van der Waals surface area contributed by atoms with Crippen LogP contribution < -0.4 is 21.8 Å². The minimum atomic E-state index is -1.66. The maximum atomic E-state index is 12.8. The van der Waals surface area contributed by atoms with Gasteiger partial charge in [0.05, 0.1) is 12.0 Å². The topological polar surface area (TPSA) is 175 Å². The van der Waals surface area contributed by atoms with Crippen LogP contribution in [0.1, 0.15) is 38.7 Å². The third-order valence-electron chi connectivity index (χ3n) is 4.26. The van der Waals surface area contributed by atoms with Crippen molar-refractivity contribution in [2.75, 3.05) is 6.54 Å². The predicted molar refractivity (Wildman–Crippen MR) is 115 cm³/mol. The zero-order valence-electron chi connectivity index (χ0n) is 17.3. The summed E-state index contributed by atoms with van der Waals surface area (Å²) in [5, 5.41) is 34.5. The van der Waals surface area contributed by atoms with Gasteiger partial charge in [0.1, 0.15) is 0 Å². The van der Waals surface area contributed by atoms with Gasteiger partial charge in [-0.25, -0.2) is 15.1 Å². The molecule has 2 atom stereocenters. The van der Waals surface area contributed by atoms with Crippen molar-refractivity contribution in [3.8, 4) is 0 Å². The minimum absolute atomic E-state index is 0.166. The maximum absolute atomic E-state index is 12.8. The second kappa shape index (κ2) is 13.5. The van der Waals surface area contributed by atoms with Crippen LogP contribution in [0.15, 0.2) is 35.3 Å². The monoisotopic (exact) mass is 422 g/mol. The molecule has 0 aliphatic carbocycles. The van der Waals surface area contributed by atoms with Gasteiger partial charge in [-0.2, -0.15) is 0 Å². The Labute approximate surface area is 176 Å². The van der Waals surface area contributed by atoms with Gasteiger partial charge < -0.3 is 26.4 Å². The quantitative estimate of drug-likeness (QED) is 0.0619. The van der Waals surface area contributed by atoms with E-state index in [1.165, 1.54) is 0 Å². The number of nitrogens with two attached hydrogens (primary N) is 1. The van der Waals surface area contributed by atoms with Crippen molar-refractivity contribution in [3.63, 3.8) is 0 Å². The summed E-state index contributed by atoms with van der Waals surface area (Å²) in [5.74, 6) is -1.28. The first-order valence-corrected chi connectivity index (χ1v) is 9.83. The SMILES string of the molecule is CC(C)C[C@H](NC(=O)[C@H](CCCN=C(N)N[N+](=O)[O-])NCc1ccccc1)B(O)O. The number of aliphatic imine (C=N–C) groups is 1. The molecule has 0 saturated heterocycles. The standard InChI is InChI=1S/C18H31BN6O5/c1-13(2)11-16(19(27)28)23-17(26)15(22-12-14-7-4-3-5-8-14)9-6-10-21-18(20)24-25(29)30/h3-5,7-8,13,15-16,22,27-28H,6,9-12H2,1-2H3,(H,23,26)(H3,20,21,24)/t15-,16-/m0/s1. The lowest BCUT2D eigenvalue weighted by molar-refractivity contribution is -0.525. The number of nitro groups is 1. The average Bonchev–Trinajstić information content (AvgIpc) is 2.66. The van der Waals surface area contributed by atoms with Crippen molar-refractivity contribution in [2.24, 2.45) is 16.6 Å². The lowest BCUT2D eigenvalue weighted by Crippen LogP contribution is -2.53. The maximum Gasteiger partial charge on any atom is 0.475 e. The molecule has 1 aromatic carbocycles. The van der Waals surface area contributed by atoms with Crippen LogP contribution in [0.2, 0.25) is 0 Å². The highest BCUT2D eigenvalue weighted by Crippen LogP contribution is 2.08. The highest BCUT2D eigenvalue weighted by atomic mass is 16.7. The average molecular weight is 422 g/mol. The van der Waals surface area contributed by atoms with E-state index in [9.17, 15) is 25.0 Å². The van der Waals surface area contributed by atoms with E-state index in [4.69, 9.17) is 5.73 Å². The summed E-state index contributed by atoms with van der Waals surface area (Å²) in [7, 11) is -1.66. The first-order chi connectivity index (χ1) is 14.2. The third kappa shape index (κ3) is 10.7. The summed E-state index contributed by atoms with van der Waals surface area (Å²) < 4.78 is 0. The van der Waals surface area contributed by atoms with E-state index in [0.717, 1.165) is 5.56 Å². The van der Waals surface area contributed by atoms with Gasteiger partial charge in [-0.05, 0) is 30.7 Å². The zero-order valence-corrected chi connectivity index (χ0v) is 17.3. The summed E-state index contributed by atoms with van der Waals surface area (Å²) in [6.45, 7) is 4.49. The van der Waals surface area contributed by atoms with E-state index < -0.39 is 24.1 Å². The van der Waals surface area contributed by atoms with E-state index in [1.807, 2.05) is 44.2 Å². The molecule has 0 heterocycles. The van der Waals surface area contributed by atoms with E-state index >= 15 is 0 Å². The van der Waals surface area contributed by atoms with Gasteiger partial charge in [0.25, 0.3) is 5.96 Å². The molecular weight excluding hydrogens is 391 g/mol. The van der Waals surface area contributed by atoms with Crippen LogP contribution in [-0.2, 0) is 11.3 Å². The van der Waals surface area contributed by atoms with Gasteiger partial charge >= 0.3 is 7.12 Å². The number of rotatable bonds is 13. The largest absolute Gasteiger partial charge is 0.475 e. The van der Waals surface area contributed by atoms with E-state index in [1.54, 1.807) is 5.43 Å². The highest BCUT2D eigenvalue weighted by molar-refractivity contribution is 6.43. The summed E-state index contributed by atoms with van der Waals surface area (Å²) in [6.07, 6.45) is 1.24. The second-order valence-corrected chi connectivity index (χ2v) is 7.36.